The lowest BCUT2D eigenvalue weighted by atomic mass is 10.0. The van der Waals surface area contributed by atoms with Crippen LogP contribution in [0.25, 0.3) is 0 Å². The molecule has 5 nitrogen and oxygen atoms in total. The third kappa shape index (κ3) is 2.73. The van der Waals surface area contributed by atoms with E-state index in [1.54, 1.807) is 24.3 Å². The molecule has 0 spiro atoms. The number of carboxylic acids is 1. The fourth-order valence-corrected chi connectivity index (χ4v) is 2.78. The number of nitrogens with one attached hydrogen (secondary N) is 1. The largest absolute Gasteiger partial charge is 0.480 e. The maximum absolute atomic E-state index is 12.5. The number of para-hydroxylation sites is 1. The summed E-state index contributed by atoms with van der Waals surface area (Å²) in [7, 11) is 0. The molecule has 0 unspecified atom stereocenters. The highest BCUT2D eigenvalue weighted by Crippen LogP contribution is 2.62. The van der Waals surface area contributed by atoms with Crippen LogP contribution in [0.2, 0.25) is 0 Å². The number of benzene rings is 1. The number of aliphatic carboxylic acids is 1. The van der Waals surface area contributed by atoms with Gasteiger partial charge >= 0.3 is 12.0 Å². The highest BCUT2D eigenvalue weighted by molar-refractivity contribution is 5.96. The summed E-state index contributed by atoms with van der Waals surface area (Å²) in [6.45, 7) is 8.04. The van der Waals surface area contributed by atoms with Crippen molar-refractivity contribution in [3.8, 4) is 0 Å². The molecule has 0 atom stereocenters. The minimum Gasteiger partial charge on any atom is -0.480 e. The van der Waals surface area contributed by atoms with Gasteiger partial charge in [-0.25, -0.2) is 4.79 Å². The lowest BCUT2D eigenvalue weighted by molar-refractivity contribution is -0.135. The van der Waals surface area contributed by atoms with Crippen LogP contribution in [0.4, 0.5) is 10.5 Å². The molecular weight excluding hydrogens is 268 g/mol. The fraction of sp³-hybridized carbons (Fsp3) is 0.500. The van der Waals surface area contributed by atoms with Crippen molar-refractivity contribution in [1.29, 1.82) is 0 Å². The Morgan fingerprint density at radius 2 is 1.67 bits per heavy atom. The van der Waals surface area contributed by atoms with Crippen molar-refractivity contribution in [2.45, 2.75) is 33.7 Å². The maximum atomic E-state index is 12.5. The van der Waals surface area contributed by atoms with Gasteiger partial charge in [-0.05, 0) is 23.0 Å². The van der Waals surface area contributed by atoms with Gasteiger partial charge < -0.3 is 10.4 Å². The molecule has 0 aliphatic heterocycles. The highest BCUT2D eigenvalue weighted by atomic mass is 16.4. The Bertz CT molecular complexity index is 538. The minimum absolute atomic E-state index is 0.00818. The standard InChI is InChI=1S/C16H22N2O3/c1-15(2)13(16(15,3)4)17-14(21)18(10-12(19)20)11-8-6-5-7-9-11/h5-9,13H,10H2,1-4H3,(H,17,21)(H,19,20). The summed E-state index contributed by atoms with van der Waals surface area (Å²) < 4.78 is 0. The van der Waals surface area contributed by atoms with Crippen LogP contribution >= 0.6 is 0 Å². The zero-order chi connectivity index (χ0) is 15.8. The Hall–Kier alpha value is -2.04. The molecule has 0 bridgehead atoms. The van der Waals surface area contributed by atoms with Gasteiger partial charge in [-0.1, -0.05) is 45.9 Å². The lowest BCUT2D eigenvalue weighted by Gasteiger charge is -2.22. The van der Waals surface area contributed by atoms with E-state index in [4.69, 9.17) is 5.11 Å². The number of carbonyl (C=O) groups is 2. The quantitative estimate of drug-likeness (QED) is 0.895. The van der Waals surface area contributed by atoms with Crippen molar-refractivity contribution in [3.63, 3.8) is 0 Å². The average molecular weight is 290 g/mol. The van der Waals surface area contributed by atoms with Crippen molar-refractivity contribution in [2.24, 2.45) is 10.8 Å². The molecule has 0 aromatic heterocycles. The number of hydrogen-bond donors (Lipinski definition) is 2. The van der Waals surface area contributed by atoms with Crippen LogP contribution in [-0.2, 0) is 4.79 Å². The van der Waals surface area contributed by atoms with Gasteiger partial charge in [0.15, 0.2) is 0 Å². The first-order chi connectivity index (χ1) is 9.68. The molecule has 21 heavy (non-hydrogen) atoms. The molecule has 2 N–H and O–H groups in total. The summed E-state index contributed by atoms with van der Waals surface area (Å²) >= 11 is 0. The molecular formula is C16H22N2O3. The second-order valence-electron chi connectivity index (χ2n) is 6.64. The van der Waals surface area contributed by atoms with Crippen molar-refractivity contribution in [2.75, 3.05) is 11.4 Å². The molecule has 1 aromatic rings. The van der Waals surface area contributed by atoms with Crippen LogP contribution in [0.3, 0.4) is 0 Å². The summed E-state index contributed by atoms with van der Waals surface area (Å²) in [5, 5.41) is 12.0. The molecule has 1 fully saturated rings. The van der Waals surface area contributed by atoms with Crippen molar-refractivity contribution >= 4 is 17.7 Å². The van der Waals surface area contributed by atoms with Gasteiger partial charge in [-0.15, -0.1) is 0 Å². The number of carboxylic acid groups (broad SMARTS) is 1. The van der Waals surface area contributed by atoms with Crippen LogP contribution in [0.15, 0.2) is 30.3 Å². The Morgan fingerprint density at radius 1 is 1.14 bits per heavy atom. The molecule has 2 rings (SSSR count). The summed E-state index contributed by atoms with van der Waals surface area (Å²) in [4.78, 5) is 24.7. The Morgan fingerprint density at radius 3 is 2.10 bits per heavy atom. The molecule has 114 valence electrons. The van der Waals surface area contributed by atoms with Gasteiger partial charge in [-0.2, -0.15) is 0 Å². The zero-order valence-electron chi connectivity index (χ0n) is 12.9. The third-order valence-corrected chi connectivity index (χ3v) is 4.89. The number of anilines is 1. The number of rotatable bonds is 4. The highest BCUT2D eigenvalue weighted by Gasteiger charge is 2.65. The Kier molecular flexibility index (Phi) is 3.70. The summed E-state index contributed by atoms with van der Waals surface area (Å²) in [5.41, 5.74) is 0.594. The molecule has 0 radical (unpaired) electrons. The normalized spacial score (nSPS) is 18.9. The first-order valence-electron chi connectivity index (χ1n) is 7.03. The second kappa shape index (κ2) is 5.06. The van der Waals surface area contributed by atoms with E-state index in [-0.39, 0.29) is 29.4 Å². The molecule has 1 aromatic carbocycles. The topological polar surface area (TPSA) is 69.6 Å². The Labute approximate surface area is 125 Å². The van der Waals surface area contributed by atoms with Gasteiger partial charge in [0, 0.05) is 11.7 Å². The van der Waals surface area contributed by atoms with E-state index < -0.39 is 5.97 Å². The van der Waals surface area contributed by atoms with Crippen LogP contribution in [0.1, 0.15) is 27.7 Å². The van der Waals surface area contributed by atoms with E-state index >= 15 is 0 Å². The molecule has 0 saturated heterocycles. The molecule has 1 aliphatic rings. The van der Waals surface area contributed by atoms with E-state index in [1.165, 1.54) is 4.90 Å². The summed E-state index contributed by atoms with van der Waals surface area (Å²) in [6, 6.07) is 8.51. The molecule has 1 saturated carbocycles. The number of urea groups is 1. The molecule has 1 aliphatic carbocycles. The number of nitrogens with zero attached hydrogens (tertiary/aromatic N) is 1. The number of carbonyl (C=O) groups excluding carboxylic acids is 1. The molecule has 2 amide bonds. The summed E-state index contributed by atoms with van der Waals surface area (Å²) in [5.74, 6) is -1.04. The molecule has 0 heterocycles. The van der Waals surface area contributed by atoms with E-state index in [2.05, 4.69) is 33.0 Å². The van der Waals surface area contributed by atoms with Gasteiger partial charge in [0.1, 0.15) is 6.54 Å². The van der Waals surface area contributed by atoms with Crippen molar-refractivity contribution < 1.29 is 14.7 Å². The van der Waals surface area contributed by atoms with E-state index in [1.807, 2.05) is 6.07 Å². The van der Waals surface area contributed by atoms with Crippen LogP contribution < -0.4 is 10.2 Å². The predicted molar refractivity (Wildman–Crippen MR) is 81.3 cm³/mol. The Balaban J connectivity index is 2.15. The first kappa shape index (κ1) is 15.4. The SMILES string of the molecule is CC1(C)C(NC(=O)N(CC(=O)O)c2ccccc2)C1(C)C. The maximum Gasteiger partial charge on any atom is 0.323 e. The second-order valence-corrected chi connectivity index (χ2v) is 6.64. The predicted octanol–water partition coefficient (Wildman–Crippen LogP) is 2.72. The third-order valence-electron chi connectivity index (χ3n) is 4.89. The van der Waals surface area contributed by atoms with Gasteiger partial charge in [-0.3, -0.25) is 9.69 Å². The smallest absolute Gasteiger partial charge is 0.323 e. The van der Waals surface area contributed by atoms with Crippen LogP contribution in [0, 0.1) is 10.8 Å². The molecule has 5 heteroatoms. The monoisotopic (exact) mass is 290 g/mol. The number of amides is 2. The average Bonchev–Trinajstić information content (AvgIpc) is 2.79. The summed E-state index contributed by atoms with van der Waals surface area (Å²) in [6.07, 6.45) is 0. The number of hydrogen-bond acceptors (Lipinski definition) is 2. The lowest BCUT2D eigenvalue weighted by Crippen LogP contribution is -2.45. The zero-order valence-corrected chi connectivity index (χ0v) is 12.9. The van der Waals surface area contributed by atoms with Crippen molar-refractivity contribution in [3.05, 3.63) is 30.3 Å². The van der Waals surface area contributed by atoms with E-state index in [0.29, 0.717) is 5.69 Å². The van der Waals surface area contributed by atoms with Crippen LogP contribution in [0.5, 0.6) is 0 Å². The van der Waals surface area contributed by atoms with Crippen LogP contribution in [-0.4, -0.2) is 29.7 Å². The first-order valence-corrected chi connectivity index (χ1v) is 7.03. The fourth-order valence-electron chi connectivity index (χ4n) is 2.78. The van der Waals surface area contributed by atoms with Crippen molar-refractivity contribution in [1.82, 2.24) is 5.32 Å². The van der Waals surface area contributed by atoms with E-state index in [0.717, 1.165) is 0 Å². The minimum atomic E-state index is -1.04. The van der Waals surface area contributed by atoms with Gasteiger partial charge in [0.05, 0.1) is 0 Å². The van der Waals surface area contributed by atoms with Gasteiger partial charge in [0.25, 0.3) is 0 Å². The van der Waals surface area contributed by atoms with E-state index in [9.17, 15) is 9.59 Å². The van der Waals surface area contributed by atoms with Gasteiger partial charge in [0.2, 0.25) is 0 Å².